The van der Waals surface area contributed by atoms with Crippen molar-refractivity contribution in [3.05, 3.63) is 83.1 Å². The van der Waals surface area contributed by atoms with E-state index in [1.807, 2.05) is 60.7 Å². The zero-order chi connectivity index (χ0) is 21.2. The van der Waals surface area contributed by atoms with Gasteiger partial charge in [0.2, 0.25) is 0 Å². The first-order chi connectivity index (χ1) is 15.2. The van der Waals surface area contributed by atoms with Crippen LogP contribution in [0.4, 0.5) is 0 Å². The zero-order valence-corrected chi connectivity index (χ0v) is 17.7. The lowest BCUT2D eigenvalue weighted by molar-refractivity contribution is 0.0336. The van der Waals surface area contributed by atoms with Crippen LogP contribution in [0.5, 0.6) is 0 Å². The molecular formula is C25H21ClN4O. The van der Waals surface area contributed by atoms with Gasteiger partial charge in [-0.25, -0.2) is 4.98 Å². The van der Waals surface area contributed by atoms with Crippen LogP contribution >= 0.6 is 11.6 Å². The third-order valence-corrected chi connectivity index (χ3v) is 5.92. The summed E-state index contributed by atoms with van der Waals surface area (Å²) in [6, 6.07) is 21.9. The Labute approximate surface area is 186 Å². The molecule has 0 saturated carbocycles. The molecule has 5 rings (SSSR count). The second kappa shape index (κ2) is 8.52. The zero-order valence-electron chi connectivity index (χ0n) is 17.0. The Morgan fingerprint density at radius 2 is 1.71 bits per heavy atom. The Bertz CT molecular complexity index is 1270. The Hall–Kier alpha value is -3.17. The van der Waals surface area contributed by atoms with E-state index in [9.17, 15) is 5.26 Å². The smallest absolute Gasteiger partial charge is 0.137 e. The number of pyridine rings is 1. The topological polar surface area (TPSA) is 53.6 Å². The molecule has 31 heavy (non-hydrogen) atoms. The number of nitriles is 1. The van der Waals surface area contributed by atoms with Gasteiger partial charge in [-0.15, -0.1) is 0 Å². The number of benzene rings is 2. The van der Waals surface area contributed by atoms with Crippen molar-refractivity contribution < 1.29 is 4.74 Å². The molecule has 3 heterocycles. The van der Waals surface area contributed by atoms with Gasteiger partial charge in [0.05, 0.1) is 36.2 Å². The van der Waals surface area contributed by atoms with Crippen molar-refractivity contribution >= 4 is 17.2 Å². The normalized spacial score (nSPS) is 14.6. The molecule has 0 bridgehead atoms. The molecule has 0 spiro atoms. The standard InChI is InChI=1S/C25H21ClN4O/c26-21-8-5-18(6-9-21)25-23(17-29-11-13-31-14-12-29)30-16-20(7-10-24(30)28-25)22-4-2-1-3-19(22)15-27/h1-10,16H,11-14,17H2. The van der Waals surface area contributed by atoms with Gasteiger partial charge in [-0.3, -0.25) is 4.90 Å². The molecule has 1 saturated heterocycles. The maximum absolute atomic E-state index is 9.54. The number of fused-ring (bicyclic) bond motifs is 1. The van der Waals surface area contributed by atoms with Crippen molar-refractivity contribution in [2.24, 2.45) is 0 Å². The molecule has 2 aromatic heterocycles. The number of hydrogen-bond acceptors (Lipinski definition) is 4. The number of imidazole rings is 1. The van der Waals surface area contributed by atoms with Crippen LogP contribution in [0.2, 0.25) is 5.02 Å². The molecule has 0 unspecified atom stereocenters. The van der Waals surface area contributed by atoms with Crippen molar-refractivity contribution in [2.45, 2.75) is 6.54 Å². The minimum atomic E-state index is 0.662. The molecule has 154 valence electrons. The van der Waals surface area contributed by atoms with E-state index >= 15 is 0 Å². The predicted molar refractivity (Wildman–Crippen MR) is 122 cm³/mol. The highest BCUT2D eigenvalue weighted by Crippen LogP contribution is 2.30. The largest absolute Gasteiger partial charge is 0.379 e. The number of nitrogens with zero attached hydrogens (tertiary/aromatic N) is 4. The molecule has 0 aliphatic carbocycles. The van der Waals surface area contributed by atoms with E-state index in [1.165, 1.54) is 0 Å². The van der Waals surface area contributed by atoms with Crippen LogP contribution in [-0.2, 0) is 11.3 Å². The summed E-state index contributed by atoms with van der Waals surface area (Å²) in [6.45, 7) is 4.04. The Morgan fingerprint density at radius 3 is 2.48 bits per heavy atom. The lowest BCUT2D eigenvalue weighted by Gasteiger charge is -2.26. The van der Waals surface area contributed by atoms with Crippen LogP contribution in [0.25, 0.3) is 28.0 Å². The minimum absolute atomic E-state index is 0.662. The molecule has 0 amide bonds. The van der Waals surface area contributed by atoms with E-state index in [4.69, 9.17) is 21.3 Å². The molecule has 0 N–H and O–H groups in total. The molecule has 5 nitrogen and oxygen atoms in total. The third-order valence-electron chi connectivity index (χ3n) is 5.67. The van der Waals surface area contributed by atoms with Crippen LogP contribution in [0, 0.1) is 11.3 Å². The molecule has 1 aliphatic heterocycles. The van der Waals surface area contributed by atoms with Gasteiger partial charge < -0.3 is 9.14 Å². The van der Waals surface area contributed by atoms with Gasteiger partial charge in [-0.2, -0.15) is 5.26 Å². The van der Waals surface area contributed by atoms with Gasteiger partial charge in [-0.05, 0) is 35.9 Å². The summed E-state index contributed by atoms with van der Waals surface area (Å²) in [5.74, 6) is 0. The Kier molecular flexibility index (Phi) is 5.44. The molecule has 1 fully saturated rings. The molecule has 2 aromatic carbocycles. The van der Waals surface area contributed by atoms with Crippen molar-refractivity contribution in [2.75, 3.05) is 26.3 Å². The Morgan fingerprint density at radius 1 is 0.968 bits per heavy atom. The summed E-state index contributed by atoms with van der Waals surface area (Å²) in [4.78, 5) is 7.34. The first kappa shape index (κ1) is 19.8. The fourth-order valence-electron chi connectivity index (χ4n) is 4.05. The molecule has 4 aromatic rings. The highest BCUT2D eigenvalue weighted by atomic mass is 35.5. The lowest BCUT2D eigenvalue weighted by Crippen LogP contribution is -2.36. The summed E-state index contributed by atoms with van der Waals surface area (Å²) < 4.78 is 7.68. The number of morpholine rings is 1. The average Bonchev–Trinajstić information content (AvgIpc) is 3.17. The second-order valence-electron chi connectivity index (χ2n) is 7.61. The first-order valence-electron chi connectivity index (χ1n) is 10.3. The molecular weight excluding hydrogens is 408 g/mol. The van der Waals surface area contributed by atoms with Gasteiger partial charge in [0.15, 0.2) is 0 Å². The van der Waals surface area contributed by atoms with Crippen LogP contribution in [0.3, 0.4) is 0 Å². The predicted octanol–water partition coefficient (Wildman–Crippen LogP) is 5.03. The summed E-state index contributed by atoms with van der Waals surface area (Å²) in [5, 5.41) is 10.2. The van der Waals surface area contributed by atoms with Crippen LogP contribution < -0.4 is 0 Å². The van der Waals surface area contributed by atoms with Crippen molar-refractivity contribution in [1.29, 1.82) is 5.26 Å². The molecule has 1 aliphatic rings. The number of ether oxygens (including phenoxy) is 1. The van der Waals surface area contributed by atoms with Crippen LogP contribution in [-0.4, -0.2) is 40.6 Å². The second-order valence-corrected chi connectivity index (χ2v) is 8.04. The van der Waals surface area contributed by atoms with E-state index in [0.717, 1.165) is 66.6 Å². The van der Waals surface area contributed by atoms with Gasteiger partial charge in [-0.1, -0.05) is 41.9 Å². The summed E-state index contributed by atoms with van der Waals surface area (Å²) in [7, 11) is 0. The van der Waals surface area contributed by atoms with Crippen LogP contribution in [0.15, 0.2) is 66.9 Å². The first-order valence-corrected chi connectivity index (χ1v) is 10.7. The Balaban J connectivity index is 1.66. The van der Waals surface area contributed by atoms with E-state index < -0.39 is 0 Å². The molecule has 0 radical (unpaired) electrons. The summed E-state index contributed by atoms with van der Waals surface area (Å²) in [5.41, 5.74) is 6.57. The van der Waals surface area contributed by atoms with Crippen molar-refractivity contribution in [3.63, 3.8) is 0 Å². The highest BCUT2D eigenvalue weighted by Gasteiger charge is 2.19. The average molecular weight is 429 g/mol. The van der Waals surface area contributed by atoms with Gasteiger partial charge in [0, 0.05) is 42.0 Å². The SMILES string of the molecule is N#Cc1ccccc1-c1ccc2nc(-c3ccc(Cl)cc3)c(CN3CCOCC3)n2c1. The summed E-state index contributed by atoms with van der Waals surface area (Å²) in [6.07, 6.45) is 2.09. The fraction of sp³-hybridized carbons (Fsp3) is 0.200. The van der Waals surface area contributed by atoms with E-state index in [1.54, 1.807) is 0 Å². The van der Waals surface area contributed by atoms with Gasteiger partial charge in [0.25, 0.3) is 0 Å². The van der Waals surface area contributed by atoms with E-state index in [-0.39, 0.29) is 0 Å². The van der Waals surface area contributed by atoms with Crippen LogP contribution in [0.1, 0.15) is 11.3 Å². The molecule has 6 heteroatoms. The third kappa shape index (κ3) is 3.94. The highest BCUT2D eigenvalue weighted by molar-refractivity contribution is 6.30. The number of aromatic nitrogens is 2. The lowest BCUT2D eigenvalue weighted by atomic mass is 10.0. The maximum Gasteiger partial charge on any atom is 0.137 e. The number of rotatable bonds is 4. The van der Waals surface area contributed by atoms with Crippen molar-refractivity contribution in [3.8, 4) is 28.5 Å². The maximum atomic E-state index is 9.54. The fourth-order valence-corrected chi connectivity index (χ4v) is 4.17. The van der Waals surface area contributed by atoms with E-state index in [2.05, 4.69) is 21.6 Å². The number of hydrogen-bond donors (Lipinski definition) is 0. The molecule has 0 atom stereocenters. The van der Waals surface area contributed by atoms with Crippen molar-refractivity contribution in [1.82, 2.24) is 14.3 Å². The quantitative estimate of drug-likeness (QED) is 0.457. The number of halogens is 1. The monoisotopic (exact) mass is 428 g/mol. The minimum Gasteiger partial charge on any atom is -0.379 e. The van der Waals surface area contributed by atoms with E-state index in [0.29, 0.717) is 10.6 Å². The van der Waals surface area contributed by atoms with Gasteiger partial charge >= 0.3 is 0 Å². The van der Waals surface area contributed by atoms with Gasteiger partial charge in [0.1, 0.15) is 5.65 Å². The summed E-state index contributed by atoms with van der Waals surface area (Å²) >= 11 is 6.12.